The summed E-state index contributed by atoms with van der Waals surface area (Å²) in [5, 5.41) is 113. The Bertz CT molecular complexity index is 2230. The zero-order valence-electron chi connectivity index (χ0n) is 30.8. The standard InChI is InChI=1S/C39H38O21/c40-18-5-1-16(2-6-18)3-8-29(46)54-14-26-31(48)34(51)36(53)39(60-26)58-25-12-20-23(56-37(25)17-4-7-21(42)22(43)9-17)10-19(41)11-24(20)57-38-35(52)33(50)32(49)27(59-38)15-55-30(47)13-28(44)45/h1-12,26-27,31-36,38-39,48-53H,13-15H2,(H4-,40,41,42,43,44,45,46)/p+1/t26?,27?,31-,32-,33+,34?,35?,36?,38-,39-/m1/s1. The molecule has 6 rings (SSSR count). The van der Waals surface area contributed by atoms with Gasteiger partial charge in [0.25, 0.3) is 0 Å². The molecular weight excluding hydrogens is 804 g/mol. The molecule has 4 aromatic rings. The van der Waals surface area contributed by atoms with E-state index >= 15 is 0 Å². The lowest BCUT2D eigenvalue weighted by Crippen LogP contribution is -2.60. The number of hydrogen-bond donors (Lipinski definition) is 11. The maximum atomic E-state index is 12.5. The maximum Gasteiger partial charge on any atom is 0.402 e. The Morgan fingerprint density at radius 1 is 0.650 bits per heavy atom. The van der Waals surface area contributed by atoms with Crippen LogP contribution >= 0.6 is 0 Å². The van der Waals surface area contributed by atoms with E-state index in [4.69, 9.17) is 37.9 Å². The molecule has 0 bridgehead atoms. The summed E-state index contributed by atoms with van der Waals surface area (Å²) in [5.41, 5.74) is 0.414. The molecule has 10 atom stereocenters. The van der Waals surface area contributed by atoms with Crippen molar-refractivity contribution in [2.24, 2.45) is 0 Å². The van der Waals surface area contributed by atoms with E-state index in [1.54, 1.807) is 0 Å². The summed E-state index contributed by atoms with van der Waals surface area (Å²) in [6.07, 6.45) is -16.8. The van der Waals surface area contributed by atoms with Gasteiger partial charge in [0.1, 0.15) is 91.1 Å². The first-order valence-corrected chi connectivity index (χ1v) is 17.9. The second-order valence-electron chi connectivity index (χ2n) is 13.6. The molecule has 60 heavy (non-hydrogen) atoms. The van der Waals surface area contributed by atoms with Gasteiger partial charge in [0.2, 0.25) is 18.3 Å². The van der Waals surface area contributed by atoms with Gasteiger partial charge < -0.3 is 84.6 Å². The van der Waals surface area contributed by atoms with E-state index in [1.165, 1.54) is 42.5 Å². The highest BCUT2D eigenvalue weighted by Gasteiger charge is 2.48. The fourth-order valence-corrected chi connectivity index (χ4v) is 6.09. The van der Waals surface area contributed by atoms with Crippen molar-refractivity contribution in [1.82, 2.24) is 0 Å². The number of aliphatic hydroxyl groups excluding tert-OH is 6. The van der Waals surface area contributed by atoms with Crippen LogP contribution in [0, 0.1) is 0 Å². The van der Waals surface area contributed by atoms with Crippen molar-refractivity contribution in [1.29, 1.82) is 0 Å². The lowest BCUT2D eigenvalue weighted by Gasteiger charge is -2.40. The number of ether oxygens (including phenoxy) is 6. The molecule has 0 amide bonds. The van der Waals surface area contributed by atoms with Crippen LogP contribution in [0.3, 0.4) is 0 Å². The van der Waals surface area contributed by atoms with Crippen molar-refractivity contribution in [3.63, 3.8) is 0 Å². The number of carboxylic acids is 1. The van der Waals surface area contributed by atoms with Gasteiger partial charge in [0, 0.05) is 24.3 Å². The van der Waals surface area contributed by atoms with E-state index in [0.717, 1.165) is 30.3 Å². The third-order valence-corrected chi connectivity index (χ3v) is 9.26. The largest absolute Gasteiger partial charge is 0.508 e. The average molecular weight is 844 g/mol. The van der Waals surface area contributed by atoms with Crippen molar-refractivity contribution in [2.75, 3.05) is 13.2 Å². The summed E-state index contributed by atoms with van der Waals surface area (Å²) in [5.74, 6) is -6.07. The Hall–Kier alpha value is -6.30. The molecule has 2 fully saturated rings. The quantitative estimate of drug-likeness (QED) is 0.0274. The number of hydrogen-bond acceptors (Lipinski definition) is 19. The molecule has 21 nitrogen and oxygen atoms in total. The molecule has 0 spiro atoms. The normalized spacial score (nSPS) is 26.7. The lowest BCUT2D eigenvalue weighted by atomic mass is 9.99. The molecule has 1 aromatic heterocycles. The molecule has 2 saturated heterocycles. The third kappa shape index (κ3) is 9.93. The second-order valence-corrected chi connectivity index (χ2v) is 13.6. The van der Waals surface area contributed by atoms with Crippen molar-refractivity contribution in [3.8, 4) is 45.8 Å². The highest BCUT2D eigenvalue weighted by Crippen LogP contribution is 2.43. The molecular formula is C39H39O21+. The van der Waals surface area contributed by atoms with Crippen molar-refractivity contribution < 1.29 is 103 Å². The van der Waals surface area contributed by atoms with Crippen LogP contribution in [0.4, 0.5) is 0 Å². The summed E-state index contributed by atoms with van der Waals surface area (Å²) in [7, 11) is 0. The van der Waals surface area contributed by atoms with Crippen LogP contribution in [-0.4, -0.2) is 149 Å². The minimum atomic E-state index is -1.97. The van der Waals surface area contributed by atoms with Gasteiger partial charge in [-0.3, -0.25) is 9.59 Å². The van der Waals surface area contributed by atoms with Crippen LogP contribution < -0.4 is 9.47 Å². The predicted molar refractivity (Wildman–Crippen MR) is 197 cm³/mol. The number of esters is 2. The van der Waals surface area contributed by atoms with E-state index in [1.807, 2.05) is 0 Å². The number of aliphatic hydroxyl groups is 6. The molecule has 0 saturated carbocycles. The number of rotatable bonds is 13. The van der Waals surface area contributed by atoms with Crippen LogP contribution in [-0.2, 0) is 33.3 Å². The zero-order chi connectivity index (χ0) is 43.4. The summed E-state index contributed by atoms with van der Waals surface area (Å²) in [4.78, 5) is 35.2. The van der Waals surface area contributed by atoms with Gasteiger partial charge in [-0.05, 0) is 35.9 Å². The molecule has 5 unspecified atom stereocenters. The average Bonchev–Trinajstić information content (AvgIpc) is 3.20. The fourth-order valence-electron chi connectivity index (χ4n) is 6.09. The van der Waals surface area contributed by atoms with Crippen LogP contribution in [0.1, 0.15) is 12.0 Å². The molecule has 21 heteroatoms. The van der Waals surface area contributed by atoms with E-state index < -0.39 is 116 Å². The Morgan fingerprint density at radius 2 is 1.25 bits per heavy atom. The molecule has 3 aromatic carbocycles. The number of benzene rings is 3. The Labute approximate surface area is 337 Å². The lowest BCUT2D eigenvalue weighted by molar-refractivity contribution is -0.278. The summed E-state index contributed by atoms with van der Waals surface area (Å²) in [6.45, 7) is -1.42. The van der Waals surface area contributed by atoms with Crippen molar-refractivity contribution >= 4 is 35.0 Å². The summed E-state index contributed by atoms with van der Waals surface area (Å²) >= 11 is 0. The first-order valence-electron chi connectivity index (χ1n) is 17.9. The fraction of sp³-hybridized carbons (Fsp3) is 0.333. The molecule has 0 radical (unpaired) electrons. The van der Waals surface area contributed by atoms with Crippen LogP contribution in [0.15, 0.2) is 71.2 Å². The molecule has 11 N–H and O–H groups in total. The van der Waals surface area contributed by atoms with Crippen LogP contribution in [0.25, 0.3) is 28.4 Å². The number of phenols is 4. The number of aliphatic carboxylic acids is 1. The number of fused-ring (bicyclic) bond motifs is 1. The van der Waals surface area contributed by atoms with E-state index in [2.05, 4.69) is 0 Å². The molecule has 3 heterocycles. The number of aromatic hydroxyl groups is 4. The van der Waals surface area contributed by atoms with E-state index in [0.29, 0.717) is 5.56 Å². The number of carboxylic acid groups (broad SMARTS) is 1. The van der Waals surface area contributed by atoms with Crippen molar-refractivity contribution in [3.05, 3.63) is 72.3 Å². The third-order valence-electron chi connectivity index (χ3n) is 9.26. The minimum Gasteiger partial charge on any atom is -0.508 e. The number of phenolic OH excluding ortho intramolecular Hbond substituents is 4. The second kappa shape index (κ2) is 18.3. The van der Waals surface area contributed by atoms with E-state index in [-0.39, 0.29) is 39.5 Å². The molecule has 2 aliphatic heterocycles. The topological polar surface area (TPSA) is 340 Å². The van der Waals surface area contributed by atoms with Crippen LogP contribution in [0.5, 0.6) is 34.5 Å². The Morgan fingerprint density at radius 3 is 1.85 bits per heavy atom. The van der Waals surface area contributed by atoms with Gasteiger partial charge in [-0.1, -0.05) is 12.1 Å². The Balaban J connectivity index is 1.30. The first-order chi connectivity index (χ1) is 28.5. The van der Waals surface area contributed by atoms with Crippen LogP contribution in [0.2, 0.25) is 0 Å². The SMILES string of the molecule is O=C(O)CC(=O)OCC1O[C@@H](Oc2cc(O)cc3[o+]c(-c4ccc(O)c(O)c4)c(O[C@@H]4OC(COC(=O)/C=C/c5ccc(O)cc5)[C@@H](O)C(O)C4O)cc23)C(O)[C@@H](O)[C@@H]1O. The van der Waals surface area contributed by atoms with E-state index in [9.17, 15) is 65.4 Å². The Kier molecular flexibility index (Phi) is 13.2. The zero-order valence-corrected chi connectivity index (χ0v) is 30.8. The first kappa shape index (κ1) is 43.3. The minimum absolute atomic E-state index is 0.0133. The van der Waals surface area contributed by atoms with Gasteiger partial charge in [0.05, 0.1) is 11.6 Å². The number of carbonyl (C=O) groups excluding carboxylic acids is 2. The van der Waals surface area contributed by atoms with Gasteiger partial charge in [-0.15, -0.1) is 0 Å². The van der Waals surface area contributed by atoms with Gasteiger partial charge in [-0.25, -0.2) is 9.21 Å². The molecule has 0 aliphatic carbocycles. The monoisotopic (exact) mass is 843 g/mol. The van der Waals surface area contributed by atoms with Crippen molar-refractivity contribution in [2.45, 2.75) is 67.8 Å². The summed E-state index contributed by atoms with van der Waals surface area (Å²) < 4.78 is 39.3. The van der Waals surface area contributed by atoms with Gasteiger partial charge in [-0.2, -0.15) is 0 Å². The predicted octanol–water partition coefficient (Wildman–Crippen LogP) is -0.149. The highest BCUT2D eigenvalue weighted by molar-refractivity contribution is 5.90. The number of carbonyl (C=O) groups is 3. The van der Waals surface area contributed by atoms with Gasteiger partial charge >= 0.3 is 29.3 Å². The van der Waals surface area contributed by atoms with Gasteiger partial charge in [0.15, 0.2) is 11.5 Å². The summed E-state index contributed by atoms with van der Waals surface area (Å²) in [6, 6.07) is 12.7. The highest BCUT2D eigenvalue weighted by atomic mass is 16.7. The molecule has 2 aliphatic rings. The molecule has 320 valence electrons. The smallest absolute Gasteiger partial charge is 0.402 e. The maximum absolute atomic E-state index is 12.5.